The van der Waals surface area contributed by atoms with Gasteiger partial charge in [0, 0.05) is 44.2 Å². The monoisotopic (exact) mass is 541 g/mol. The first-order valence-electron chi connectivity index (χ1n) is 13.3. The molecule has 0 atom stereocenters. The molecule has 0 unspecified atom stereocenters. The van der Waals surface area contributed by atoms with Crippen LogP contribution in [-0.2, 0) is 33.4 Å². The van der Waals surface area contributed by atoms with E-state index >= 15 is 0 Å². The van der Waals surface area contributed by atoms with Crippen LogP contribution in [0.2, 0.25) is 0 Å². The summed E-state index contributed by atoms with van der Waals surface area (Å²) >= 11 is 0. The summed E-state index contributed by atoms with van der Waals surface area (Å²) in [4.78, 5) is 10.6. The fourth-order valence-corrected chi connectivity index (χ4v) is 5.26. The van der Waals surface area contributed by atoms with Crippen molar-refractivity contribution in [3.8, 4) is 0 Å². The lowest BCUT2D eigenvalue weighted by atomic mass is 9.85. The summed E-state index contributed by atoms with van der Waals surface area (Å²) in [7, 11) is 3.55. The average molecular weight is 542 g/mol. The quantitative estimate of drug-likeness (QED) is 0.296. The van der Waals surface area contributed by atoms with Gasteiger partial charge >= 0.3 is 6.18 Å². The van der Waals surface area contributed by atoms with Crippen molar-refractivity contribution >= 4 is 22.8 Å². The molecule has 0 bridgehead atoms. The van der Waals surface area contributed by atoms with Gasteiger partial charge in [0.25, 0.3) is 5.95 Å². The molecular formula is C27H34F3N9. The first-order valence-corrected chi connectivity index (χ1v) is 13.3. The Balaban J connectivity index is 1.57. The smallest absolute Gasteiger partial charge is 0.356 e. The molecule has 39 heavy (non-hydrogen) atoms. The van der Waals surface area contributed by atoms with Crippen molar-refractivity contribution in [3.63, 3.8) is 0 Å². The molecule has 9 nitrogen and oxygen atoms in total. The molecule has 1 fully saturated rings. The summed E-state index contributed by atoms with van der Waals surface area (Å²) in [6.07, 6.45) is -0.753. The maximum Gasteiger partial charge on any atom is 0.416 e. The maximum absolute atomic E-state index is 13.6. The molecule has 208 valence electrons. The summed E-state index contributed by atoms with van der Waals surface area (Å²) in [6.45, 7) is 7.96. The highest BCUT2D eigenvalue weighted by Gasteiger charge is 2.31. The highest BCUT2D eigenvalue weighted by Crippen LogP contribution is 2.34. The molecule has 1 aliphatic rings. The van der Waals surface area contributed by atoms with E-state index in [2.05, 4.69) is 38.4 Å². The number of benzene rings is 1. The Morgan fingerprint density at radius 2 is 1.77 bits per heavy atom. The number of pyridine rings is 1. The zero-order chi connectivity index (χ0) is 27.9. The van der Waals surface area contributed by atoms with Gasteiger partial charge in [-0.15, -0.1) is 5.10 Å². The van der Waals surface area contributed by atoms with E-state index in [1.165, 1.54) is 30.1 Å². The van der Waals surface area contributed by atoms with Gasteiger partial charge in [-0.3, -0.25) is 4.68 Å². The summed E-state index contributed by atoms with van der Waals surface area (Å²) in [5.74, 6) is 1.83. The van der Waals surface area contributed by atoms with Crippen molar-refractivity contribution < 1.29 is 13.2 Å². The second kappa shape index (κ2) is 10.5. The van der Waals surface area contributed by atoms with Gasteiger partial charge in [0.05, 0.1) is 18.3 Å². The van der Waals surface area contributed by atoms with Gasteiger partial charge in [-0.1, -0.05) is 23.1 Å². The van der Waals surface area contributed by atoms with E-state index in [9.17, 15) is 13.2 Å². The number of halogens is 3. The second-order valence-electron chi connectivity index (χ2n) is 10.5. The molecule has 1 aliphatic carbocycles. The van der Waals surface area contributed by atoms with Crippen molar-refractivity contribution in [1.29, 1.82) is 0 Å². The van der Waals surface area contributed by atoms with Crippen LogP contribution in [0.5, 0.6) is 0 Å². The maximum atomic E-state index is 13.6. The van der Waals surface area contributed by atoms with Crippen molar-refractivity contribution in [3.05, 3.63) is 52.2 Å². The summed E-state index contributed by atoms with van der Waals surface area (Å²) in [6, 6.07) is 6.22. The minimum Gasteiger partial charge on any atom is -0.356 e. The third-order valence-electron chi connectivity index (χ3n) is 7.42. The van der Waals surface area contributed by atoms with Gasteiger partial charge < -0.3 is 9.80 Å². The predicted molar refractivity (Wildman–Crippen MR) is 143 cm³/mol. The molecule has 3 aromatic heterocycles. The number of nitrogens with zero attached hydrogens (tertiary/aromatic N) is 9. The Bertz CT molecular complexity index is 1470. The molecule has 4 aromatic rings. The molecule has 1 aromatic carbocycles. The predicted octanol–water partition coefficient (Wildman–Crippen LogP) is 4.96. The molecule has 0 radical (unpaired) electrons. The lowest BCUT2D eigenvalue weighted by Gasteiger charge is -2.34. The van der Waals surface area contributed by atoms with Crippen LogP contribution in [-0.4, -0.2) is 48.1 Å². The van der Waals surface area contributed by atoms with Gasteiger partial charge in [-0.2, -0.15) is 23.1 Å². The molecule has 0 N–H and O–H groups in total. The van der Waals surface area contributed by atoms with Crippen molar-refractivity contribution in [2.75, 3.05) is 22.9 Å². The first-order chi connectivity index (χ1) is 18.5. The minimum absolute atomic E-state index is 0.175. The highest BCUT2D eigenvalue weighted by molar-refractivity contribution is 5.81. The molecular weight excluding hydrogens is 507 g/mol. The number of rotatable bonds is 9. The molecule has 0 amide bonds. The lowest BCUT2D eigenvalue weighted by Crippen LogP contribution is -2.34. The third kappa shape index (κ3) is 5.69. The first kappa shape index (κ1) is 26.9. The van der Waals surface area contributed by atoms with Crippen LogP contribution in [0.4, 0.5) is 24.9 Å². The molecule has 3 heterocycles. The van der Waals surface area contributed by atoms with E-state index in [1.54, 1.807) is 24.7 Å². The Hall–Kier alpha value is -3.70. The van der Waals surface area contributed by atoms with E-state index in [-0.39, 0.29) is 6.54 Å². The molecule has 0 saturated heterocycles. The van der Waals surface area contributed by atoms with E-state index < -0.39 is 11.7 Å². The van der Waals surface area contributed by atoms with E-state index in [4.69, 9.17) is 4.98 Å². The van der Waals surface area contributed by atoms with Crippen molar-refractivity contribution in [2.45, 2.75) is 59.3 Å². The Labute approximate surface area is 225 Å². The van der Waals surface area contributed by atoms with Gasteiger partial charge in [-0.25, -0.2) is 4.98 Å². The summed E-state index contributed by atoms with van der Waals surface area (Å²) in [5.41, 5.74) is 3.00. The Kier molecular flexibility index (Phi) is 7.21. The number of hydrogen-bond donors (Lipinski definition) is 0. The van der Waals surface area contributed by atoms with Crippen LogP contribution < -0.4 is 9.80 Å². The molecule has 5 rings (SSSR count). The number of aromatic nitrogens is 7. The van der Waals surface area contributed by atoms with Crippen LogP contribution in [0.3, 0.4) is 0 Å². The normalized spacial score (nSPS) is 14.2. The fraction of sp³-hybridized carbons (Fsp3) is 0.519. The van der Waals surface area contributed by atoms with Crippen LogP contribution in [0.15, 0.2) is 24.3 Å². The number of aryl methyl sites for hydroxylation is 4. The Morgan fingerprint density at radius 3 is 2.38 bits per heavy atom. The third-order valence-corrected chi connectivity index (χ3v) is 7.42. The van der Waals surface area contributed by atoms with E-state index in [1.807, 2.05) is 18.9 Å². The minimum atomic E-state index is -4.43. The summed E-state index contributed by atoms with van der Waals surface area (Å²) < 4.78 is 42.6. The van der Waals surface area contributed by atoms with Crippen LogP contribution in [0.25, 0.3) is 11.0 Å². The number of anilines is 2. The highest BCUT2D eigenvalue weighted by atomic mass is 19.4. The van der Waals surface area contributed by atoms with Gasteiger partial charge in [0.2, 0.25) is 0 Å². The van der Waals surface area contributed by atoms with Gasteiger partial charge in [0.15, 0.2) is 5.65 Å². The SMILES string of the molecule is CCN(CC1CCC1)c1nc2c(cc1CN(Cc1cc(C)cc(C(F)(F)F)c1)c1nnn(C)n1)c(C)nn2C. The number of tetrazole rings is 1. The van der Waals surface area contributed by atoms with Crippen molar-refractivity contribution in [2.24, 2.45) is 20.0 Å². The fourth-order valence-electron chi connectivity index (χ4n) is 5.26. The second-order valence-corrected chi connectivity index (χ2v) is 10.5. The zero-order valence-electron chi connectivity index (χ0n) is 23.0. The number of fused-ring (bicyclic) bond motifs is 1. The van der Waals surface area contributed by atoms with E-state index in [0.717, 1.165) is 47.3 Å². The lowest BCUT2D eigenvalue weighted by molar-refractivity contribution is -0.137. The molecule has 12 heteroatoms. The van der Waals surface area contributed by atoms with Gasteiger partial charge in [-0.05, 0) is 68.5 Å². The Morgan fingerprint density at radius 1 is 1.00 bits per heavy atom. The molecule has 0 aliphatic heterocycles. The average Bonchev–Trinajstić information content (AvgIpc) is 3.39. The number of hydrogen-bond acceptors (Lipinski definition) is 7. The van der Waals surface area contributed by atoms with E-state index in [0.29, 0.717) is 29.5 Å². The van der Waals surface area contributed by atoms with Crippen LogP contribution in [0, 0.1) is 19.8 Å². The topological polar surface area (TPSA) is 80.8 Å². The number of alkyl halides is 3. The molecule has 1 saturated carbocycles. The standard InChI is InChI=1S/C27H34F3N9/c1-6-38(14-19-8-7-9-19)24-21(13-23-18(3)33-36(4)25(23)31-24)16-39(26-32-35-37(5)34-26)15-20-10-17(2)11-22(12-20)27(28,29)30/h10-13,19H,6-9,14-16H2,1-5H3. The van der Waals surface area contributed by atoms with Gasteiger partial charge in [0.1, 0.15) is 5.82 Å². The summed E-state index contributed by atoms with van der Waals surface area (Å²) in [5, 5.41) is 18.1. The van der Waals surface area contributed by atoms with Crippen molar-refractivity contribution in [1.82, 2.24) is 35.0 Å². The zero-order valence-corrected chi connectivity index (χ0v) is 23.0. The van der Waals surface area contributed by atoms with Crippen LogP contribution >= 0.6 is 0 Å². The largest absolute Gasteiger partial charge is 0.416 e. The molecule has 0 spiro atoms. The van der Waals surface area contributed by atoms with Crippen LogP contribution in [0.1, 0.15) is 54.1 Å².